The number of sulfonamides is 1. The van der Waals surface area contributed by atoms with Crippen LogP contribution < -0.4 is 5.32 Å². The fraction of sp³-hybridized carbons (Fsp3) is 0.105. The molecule has 0 aliphatic carbocycles. The topological polar surface area (TPSA) is 128 Å². The minimum absolute atomic E-state index is 0.0186. The first-order valence-electron chi connectivity index (χ1n) is 8.57. The number of aromatic carboxylic acids is 1. The van der Waals surface area contributed by atoms with Crippen LogP contribution in [0, 0.1) is 0 Å². The Balaban J connectivity index is 1.87. The highest BCUT2D eigenvalue weighted by Crippen LogP contribution is 2.31. The number of carbonyl (C=O) groups is 1. The molecule has 0 fully saturated rings. The lowest BCUT2D eigenvalue weighted by Gasteiger charge is -2.13. The lowest BCUT2D eigenvalue weighted by molar-refractivity contribution is 0.0691. The summed E-state index contributed by atoms with van der Waals surface area (Å²) in [7, 11) is -0.672. The van der Waals surface area contributed by atoms with Crippen LogP contribution >= 0.6 is 0 Å². The Morgan fingerprint density at radius 1 is 1.17 bits per heavy atom. The summed E-state index contributed by atoms with van der Waals surface area (Å²) in [6, 6.07) is 9.59. The van der Waals surface area contributed by atoms with Crippen molar-refractivity contribution in [3.05, 3.63) is 54.5 Å². The van der Waals surface area contributed by atoms with Crippen molar-refractivity contribution in [2.24, 2.45) is 0 Å². The molecule has 10 heteroatoms. The summed E-state index contributed by atoms with van der Waals surface area (Å²) in [6.45, 7) is 0. The predicted octanol–water partition coefficient (Wildman–Crippen LogP) is 2.80. The van der Waals surface area contributed by atoms with E-state index in [4.69, 9.17) is 0 Å². The van der Waals surface area contributed by atoms with Gasteiger partial charge in [0, 0.05) is 42.9 Å². The van der Waals surface area contributed by atoms with Crippen molar-refractivity contribution in [3.63, 3.8) is 0 Å². The fourth-order valence-electron chi connectivity index (χ4n) is 3.01. The van der Waals surface area contributed by atoms with E-state index in [1.807, 2.05) is 0 Å². The van der Waals surface area contributed by atoms with Crippen LogP contribution in [-0.2, 0) is 10.0 Å². The average molecular weight is 411 g/mol. The molecule has 0 saturated heterocycles. The van der Waals surface area contributed by atoms with E-state index in [1.54, 1.807) is 30.6 Å². The Kier molecular flexibility index (Phi) is 4.44. The van der Waals surface area contributed by atoms with E-state index in [2.05, 4.69) is 20.3 Å². The van der Waals surface area contributed by atoms with Gasteiger partial charge in [-0.3, -0.25) is 4.98 Å². The van der Waals surface area contributed by atoms with Crippen molar-refractivity contribution < 1.29 is 18.3 Å². The molecule has 3 heterocycles. The zero-order valence-corrected chi connectivity index (χ0v) is 16.4. The molecule has 3 N–H and O–H groups in total. The van der Waals surface area contributed by atoms with Crippen LogP contribution in [0.15, 0.2) is 53.7 Å². The third-order valence-corrected chi connectivity index (χ3v) is 6.29. The maximum atomic E-state index is 12.4. The Bertz CT molecular complexity index is 1360. The molecule has 0 aliphatic rings. The van der Waals surface area contributed by atoms with E-state index in [9.17, 15) is 18.3 Å². The molecule has 29 heavy (non-hydrogen) atoms. The van der Waals surface area contributed by atoms with Crippen LogP contribution in [0.5, 0.6) is 0 Å². The van der Waals surface area contributed by atoms with Crippen LogP contribution in [0.3, 0.4) is 0 Å². The van der Waals surface area contributed by atoms with E-state index >= 15 is 0 Å². The second-order valence-corrected chi connectivity index (χ2v) is 8.72. The van der Waals surface area contributed by atoms with Crippen LogP contribution in [0.1, 0.15) is 10.5 Å². The van der Waals surface area contributed by atoms with E-state index < -0.39 is 16.0 Å². The summed E-state index contributed by atoms with van der Waals surface area (Å²) in [5.74, 6) is -0.714. The zero-order chi connectivity index (χ0) is 20.8. The molecule has 1 aromatic carbocycles. The first kappa shape index (κ1) is 18.8. The van der Waals surface area contributed by atoms with Crippen molar-refractivity contribution in [1.82, 2.24) is 19.3 Å². The van der Waals surface area contributed by atoms with Gasteiger partial charge in [0.1, 0.15) is 5.69 Å². The Hall–Kier alpha value is -3.50. The quantitative estimate of drug-likeness (QED) is 0.461. The third-order valence-electron chi connectivity index (χ3n) is 4.48. The molecule has 9 nitrogen and oxygen atoms in total. The summed E-state index contributed by atoms with van der Waals surface area (Å²) >= 11 is 0. The number of carboxylic acid groups (broad SMARTS) is 1. The smallest absolute Gasteiger partial charge is 0.352 e. The number of fused-ring (bicyclic) bond motifs is 3. The molecule has 0 radical (unpaired) electrons. The number of aromatic nitrogens is 3. The first-order valence-corrected chi connectivity index (χ1v) is 10.0. The van der Waals surface area contributed by atoms with Crippen LogP contribution in [0.2, 0.25) is 0 Å². The number of carboxylic acids is 1. The van der Waals surface area contributed by atoms with Gasteiger partial charge in [-0.05, 0) is 30.3 Å². The van der Waals surface area contributed by atoms with Gasteiger partial charge in [-0.15, -0.1) is 0 Å². The molecule has 0 atom stereocenters. The minimum atomic E-state index is -3.60. The van der Waals surface area contributed by atoms with Gasteiger partial charge in [-0.25, -0.2) is 22.5 Å². The fourth-order valence-corrected chi connectivity index (χ4v) is 3.96. The van der Waals surface area contributed by atoms with E-state index in [0.717, 1.165) is 4.31 Å². The maximum absolute atomic E-state index is 12.4. The highest BCUT2D eigenvalue weighted by atomic mass is 32.2. The van der Waals surface area contributed by atoms with Crippen molar-refractivity contribution in [1.29, 1.82) is 0 Å². The molecule has 3 aromatic heterocycles. The van der Waals surface area contributed by atoms with Crippen LogP contribution in [0.25, 0.3) is 21.8 Å². The highest BCUT2D eigenvalue weighted by molar-refractivity contribution is 7.89. The van der Waals surface area contributed by atoms with Gasteiger partial charge in [-0.2, -0.15) is 0 Å². The lowest BCUT2D eigenvalue weighted by atomic mass is 10.1. The molecule has 4 rings (SSSR count). The number of benzene rings is 1. The molecule has 0 amide bonds. The summed E-state index contributed by atoms with van der Waals surface area (Å²) in [6.07, 6.45) is 3.22. The number of pyridine rings is 2. The SMILES string of the molecule is CN(C)S(=O)(=O)c1cccc(Nc2nc3ccncc3c3cc(C(=O)O)[nH]c23)c1. The zero-order valence-electron chi connectivity index (χ0n) is 15.5. The van der Waals surface area contributed by atoms with Gasteiger partial charge >= 0.3 is 5.97 Å². The minimum Gasteiger partial charge on any atom is -0.477 e. The van der Waals surface area contributed by atoms with Crippen molar-refractivity contribution in [2.75, 3.05) is 19.4 Å². The normalized spacial score (nSPS) is 12.0. The molecule has 148 valence electrons. The average Bonchev–Trinajstić information content (AvgIpc) is 3.15. The standard InChI is InChI=1S/C19H17N5O4S/c1-24(2)29(27,28)12-5-3-4-11(8-12)21-18-17-13(9-16(22-17)19(25)26)14-10-20-7-6-15(14)23-18/h3-10,22H,1-2H3,(H,21,23)(H,25,26). The number of anilines is 2. The molecule has 0 saturated carbocycles. The van der Waals surface area contributed by atoms with E-state index in [0.29, 0.717) is 33.3 Å². The van der Waals surface area contributed by atoms with Crippen molar-refractivity contribution in [3.8, 4) is 0 Å². The number of nitrogens with one attached hydrogen (secondary N) is 2. The third kappa shape index (κ3) is 3.28. The molecular formula is C19H17N5O4S. The Morgan fingerprint density at radius 3 is 2.69 bits per heavy atom. The lowest BCUT2D eigenvalue weighted by Crippen LogP contribution is -2.22. The van der Waals surface area contributed by atoms with Crippen LogP contribution in [-0.4, -0.2) is 52.8 Å². The second kappa shape index (κ2) is 6.83. The first-order chi connectivity index (χ1) is 13.8. The van der Waals surface area contributed by atoms with Gasteiger partial charge < -0.3 is 15.4 Å². The number of H-pyrrole nitrogens is 1. The molecular weight excluding hydrogens is 394 g/mol. The largest absolute Gasteiger partial charge is 0.477 e. The summed E-state index contributed by atoms with van der Waals surface area (Å²) < 4.78 is 25.9. The van der Waals surface area contributed by atoms with Gasteiger partial charge in [0.05, 0.1) is 15.9 Å². The number of aromatic amines is 1. The molecule has 0 spiro atoms. The summed E-state index contributed by atoms with van der Waals surface area (Å²) in [4.78, 5) is 23.1. The van der Waals surface area contributed by atoms with Gasteiger partial charge in [0.25, 0.3) is 0 Å². The predicted molar refractivity (Wildman–Crippen MR) is 109 cm³/mol. The van der Waals surface area contributed by atoms with E-state index in [1.165, 1.54) is 32.3 Å². The van der Waals surface area contributed by atoms with Gasteiger partial charge in [0.2, 0.25) is 10.0 Å². The summed E-state index contributed by atoms with van der Waals surface area (Å²) in [5, 5.41) is 13.8. The molecule has 4 aromatic rings. The van der Waals surface area contributed by atoms with E-state index in [-0.39, 0.29) is 10.6 Å². The maximum Gasteiger partial charge on any atom is 0.352 e. The Labute approximate surface area is 166 Å². The monoisotopic (exact) mass is 411 g/mol. The van der Waals surface area contributed by atoms with Crippen molar-refractivity contribution >= 4 is 49.3 Å². The van der Waals surface area contributed by atoms with Gasteiger partial charge in [-0.1, -0.05) is 6.07 Å². The summed E-state index contributed by atoms with van der Waals surface area (Å²) in [5.41, 5.74) is 1.64. The molecule has 0 unspecified atom stereocenters. The Morgan fingerprint density at radius 2 is 1.97 bits per heavy atom. The molecule has 0 aliphatic heterocycles. The highest BCUT2D eigenvalue weighted by Gasteiger charge is 2.19. The number of hydrogen-bond donors (Lipinski definition) is 3. The van der Waals surface area contributed by atoms with Crippen molar-refractivity contribution in [2.45, 2.75) is 4.90 Å². The molecule has 0 bridgehead atoms. The number of hydrogen-bond acceptors (Lipinski definition) is 6. The van der Waals surface area contributed by atoms with Gasteiger partial charge in [0.15, 0.2) is 5.82 Å². The number of nitrogens with zero attached hydrogens (tertiary/aromatic N) is 3. The number of rotatable bonds is 5. The van der Waals surface area contributed by atoms with Crippen LogP contribution in [0.4, 0.5) is 11.5 Å². The second-order valence-electron chi connectivity index (χ2n) is 6.57.